The van der Waals surface area contributed by atoms with Crippen LogP contribution in [-0.2, 0) is 11.2 Å². The van der Waals surface area contributed by atoms with Crippen LogP contribution >= 0.6 is 0 Å². The van der Waals surface area contributed by atoms with Crippen molar-refractivity contribution in [2.45, 2.75) is 26.7 Å². The first-order valence-corrected chi connectivity index (χ1v) is 6.56. The molecule has 0 heterocycles. The van der Waals surface area contributed by atoms with Crippen LogP contribution in [0.3, 0.4) is 0 Å². The fourth-order valence-electron chi connectivity index (χ4n) is 1.55. The van der Waals surface area contributed by atoms with Crippen LogP contribution in [0.5, 0.6) is 5.75 Å². The van der Waals surface area contributed by atoms with Gasteiger partial charge < -0.3 is 15.8 Å². The van der Waals surface area contributed by atoms with E-state index in [4.69, 9.17) is 10.5 Å². The molecule has 0 aliphatic heterocycles. The summed E-state index contributed by atoms with van der Waals surface area (Å²) in [6, 6.07) is 7.78. The standard InChI is InChI=1S/C15H24N2O2/c1-15(2,10-16)11-17-14(18)9-6-12-4-7-13(19-3)8-5-12/h4-5,7-8H,6,9-11,16H2,1-3H3,(H,17,18). The van der Waals surface area contributed by atoms with Crippen molar-refractivity contribution in [1.82, 2.24) is 5.32 Å². The molecule has 1 aromatic rings. The number of hydrogen-bond acceptors (Lipinski definition) is 3. The maximum Gasteiger partial charge on any atom is 0.220 e. The summed E-state index contributed by atoms with van der Waals surface area (Å²) < 4.78 is 5.09. The topological polar surface area (TPSA) is 64.3 Å². The zero-order chi connectivity index (χ0) is 14.3. The van der Waals surface area contributed by atoms with Crippen LogP contribution < -0.4 is 15.8 Å². The monoisotopic (exact) mass is 264 g/mol. The SMILES string of the molecule is COc1ccc(CCC(=O)NCC(C)(C)CN)cc1. The molecule has 106 valence electrons. The Morgan fingerprint density at radius 3 is 2.47 bits per heavy atom. The molecular weight excluding hydrogens is 240 g/mol. The Kier molecular flexibility index (Phi) is 5.83. The van der Waals surface area contributed by atoms with E-state index in [1.165, 1.54) is 0 Å². The van der Waals surface area contributed by atoms with Crippen LogP contribution in [0.25, 0.3) is 0 Å². The highest BCUT2D eigenvalue weighted by atomic mass is 16.5. The molecule has 0 unspecified atom stereocenters. The third-order valence-electron chi connectivity index (χ3n) is 3.12. The Morgan fingerprint density at radius 1 is 1.32 bits per heavy atom. The molecule has 19 heavy (non-hydrogen) atoms. The number of nitrogens with one attached hydrogen (secondary N) is 1. The number of carbonyl (C=O) groups excluding carboxylic acids is 1. The van der Waals surface area contributed by atoms with Gasteiger partial charge in [0.1, 0.15) is 5.75 Å². The van der Waals surface area contributed by atoms with Gasteiger partial charge in [0.2, 0.25) is 5.91 Å². The van der Waals surface area contributed by atoms with E-state index < -0.39 is 0 Å². The van der Waals surface area contributed by atoms with Gasteiger partial charge >= 0.3 is 0 Å². The van der Waals surface area contributed by atoms with Crippen LogP contribution in [0.1, 0.15) is 25.8 Å². The quantitative estimate of drug-likeness (QED) is 0.788. The average Bonchev–Trinajstić information content (AvgIpc) is 2.43. The number of rotatable bonds is 7. The first-order valence-electron chi connectivity index (χ1n) is 6.56. The highest BCUT2D eigenvalue weighted by Gasteiger charge is 2.16. The Hall–Kier alpha value is -1.55. The molecule has 0 aliphatic carbocycles. The number of carbonyl (C=O) groups is 1. The van der Waals surface area contributed by atoms with Crippen molar-refractivity contribution in [1.29, 1.82) is 0 Å². The summed E-state index contributed by atoms with van der Waals surface area (Å²) >= 11 is 0. The van der Waals surface area contributed by atoms with Crippen molar-refractivity contribution in [2.24, 2.45) is 11.1 Å². The molecule has 3 N–H and O–H groups in total. The molecule has 0 spiro atoms. The summed E-state index contributed by atoms with van der Waals surface area (Å²) in [6.07, 6.45) is 1.23. The van der Waals surface area contributed by atoms with E-state index in [-0.39, 0.29) is 11.3 Å². The van der Waals surface area contributed by atoms with Gasteiger partial charge in [-0.2, -0.15) is 0 Å². The van der Waals surface area contributed by atoms with Gasteiger partial charge in [0.15, 0.2) is 0 Å². The Bertz CT molecular complexity index is 399. The van der Waals surface area contributed by atoms with Crippen molar-refractivity contribution in [3.8, 4) is 5.75 Å². The van der Waals surface area contributed by atoms with Gasteiger partial charge in [-0.3, -0.25) is 4.79 Å². The molecule has 0 aromatic heterocycles. The second-order valence-corrected chi connectivity index (χ2v) is 5.49. The fourth-order valence-corrected chi connectivity index (χ4v) is 1.55. The molecule has 1 aromatic carbocycles. The molecular formula is C15H24N2O2. The Balaban J connectivity index is 2.33. The predicted molar refractivity (Wildman–Crippen MR) is 77.2 cm³/mol. The molecule has 0 fully saturated rings. The van der Waals surface area contributed by atoms with Crippen LogP contribution in [-0.4, -0.2) is 26.1 Å². The smallest absolute Gasteiger partial charge is 0.220 e. The van der Waals surface area contributed by atoms with E-state index >= 15 is 0 Å². The lowest BCUT2D eigenvalue weighted by molar-refractivity contribution is -0.121. The van der Waals surface area contributed by atoms with Crippen molar-refractivity contribution in [3.05, 3.63) is 29.8 Å². The number of methoxy groups -OCH3 is 1. The lowest BCUT2D eigenvalue weighted by atomic mass is 9.94. The third kappa shape index (κ3) is 5.75. The van der Waals surface area contributed by atoms with Crippen molar-refractivity contribution in [3.63, 3.8) is 0 Å². The number of hydrogen-bond donors (Lipinski definition) is 2. The van der Waals surface area contributed by atoms with Gasteiger partial charge in [-0.05, 0) is 36.1 Å². The maximum absolute atomic E-state index is 11.7. The molecule has 1 rings (SSSR count). The number of benzene rings is 1. The second kappa shape index (κ2) is 7.14. The Morgan fingerprint density at radius 2 is 1.95 bits per heavy atom. The molecule has 0 radical (unpaired) electrons. The summed E-state index contributed by atoms with van der Waals surface area (Å²) in [6.45, 7) is 5.25. The molecule has 1 amide bonds. The normalized spacial score (nSPS) is 11.2. The molecule has 0 atom stereocenters. The van der Waals surface area contributed by atoms with Gasteiger partial charge in [0, 0.05) is 13.0 Å². The molecule has 0 aliphatic rings. The van der Waals surface area contributed by atoms with E-state index in [1.54, 1.807) is 7.11 Å². The minimum atomic E-state index is -0.0459. The first-order chi connectivity index (χ1) is 8.96. The largest absolute Gasteiger partial charge is 0.497 e. The Labute approximate surface area is 115 Å². The average molecular weight is 264 g/mol. The predicted octanol–water partition coefficient (Wildman–Crippen LogP) is 1.73. The first kappa shape index (κ1) is 15.5. The van der Waals surface area contributed by atoms with Gasteiger partial charge in [0.05, 0.1) is 7.11 Å². The highest BCUT2D eigenvalue weighted by molar-refractivity contribution is 5.76. The van der Waals surface area contributed by atoms with E-state index in [9.17, 15) is 4.79 Å². The summed E-state index contributed by atoms with van der Waals surface area (Å²) in [5, 5.41) is 2.92. The number of amides is 1. The zero-order valence-corrected chi connectivity index (χ0v) is 12.0. The van der Waals surface area contributed by atoms with Crippen molar-refractivity contribution < 1.29 is 9.53 Å². The number of ether oxygens (including phenoxy) is 1. The van der Waals surface area contributed by atoms with Gasteiger partial charge in [-0.15, -0.1) is 0 Å². The maximum atomic E-state index is 11.7. The lowest BCUT2D eigenvalue weighted by Crippen LogP contribution is -2.38. The van der Waals surface area contributed by atoms with Gasteiger partial charge in [-0.25, -0.2) is 0 Å². The summed E-state index contributed by atoms with van der Waals surface area (Å²) in [7, 11) is 1.64. The van der Waals surface area contributed by atoms with Gasteiger partial charge in [0.25, 0.3) is 0 Å². The minimum Gasteiger partial charge on any atom is -0.497 e. The lowest BCUT2D eigenvalue weighted by Gasteiger charge is -2.22. The summed E-state index contributed by atoms with van der Waals surface area (Å²) in [5.41, 5.74) is 6.71. The second-order valence-electron chi connectivity index (χ2n) is 5.49. The van der Waals surface area contributed by atoms with Gasteiger partial charge in [-0.1, -0.05) is 26.0 Å². The van der Waals surface area contributed by atoms with Crippen LogP contribution in [0.4, 0.5) is 0 Å². The van der Waals surface area contributed by atoms with Crippen LogP contribution in [0.15, 0.2) is 24.3 Å². The molecule has 4 heteroatoms. The highest BCUT2D eigenvalue weighted by Crippen LogP contribution is 2.13. The number of aryl methyl sites for hydroxylation is 1. The molecule has 0 saturated heterocycles. The molecule has 0 bridgehead atoms. The fraction of sp³-hybridized carbons (Fsp3) is 0.533. The van der Waals surface area contributed by atoms with Crippen molar-refractivity contribution in [2.75, 3.05) is 20.2 Å². The van der Waals surface area contributed by atoms with E-state index in [1.807, 2.05) is 38.1 Å². The molecule has 4 nitrogen and oxygen atoms in total. The van der Waals surface area contributed by atoms with Crippen molar-refractivity contribution >= 4 is 5.91 Å². The van der Waals surface area contributed by atoms with E-state index in [2.05, 4.69) is 5.32 Å². The number of nitrogens with two attached hydrogens (primary N) is 1. The van der Waals surface area contributed by atoms with E-state index in [0.717, 1.165) is 17.7 Å². The molecule has 0 saturated carbocycles. The summed E-state index contributed by atoms with van der Waals surface area (Å²) in [5.74, 6) is 0.898. The van der Waals surface area contributed by atoms with E-state index in [0.29, 0.717) is 19.5 Å². The third-order valence-corrected chi connectivity index (χ3v) is 3.12. The van der Waals surface area contributed by atoms with Crippen LogP contribution in [0, 0.1) is 5.41 Å². The van der Waals surface area contributed by atoms with Crippen LogP contribution in [0.2, 0.25) is 0 Å². The minimum absolute atomic E-state index is 0.0459. The summed E-state index contributed by atoms with van der Waals surface area (Å²) in [4.78, 5) is 11.7. The zero-order valence-electron chi connectivity index (χ0n) is 12.0.